The van der Waals surface area contributed by atoms with E-state index in [0.717, 1.165) is 25.1 Å². The Morgan fingerprint density at radius 3 is 2.76 bits per heavy atom. The van der Waals surface area contributed by atoms with Gasteiger partial charge in [-0.3, -0.25) is 4.79 Å². The van der Waals surface area contributed by atoms with Gasteiger partial charge in [0.05, 0.1) is 11.3 Å². The molecular weight excluding hydrogens is 218 g/mol. The van der Waals surface area contributed by atoms with E-state index < -0.39 is 0 Å². The van der Waals surface area contributed by atoms with E-state index in [1.807, 2.05) is 12.1 Å². The monoisotopic (exact) mass is 235 g/mol. The summed E-state index contributed by atoms with van der Waals surface area (Å²) in [5.74, 6) is 0.589. The highest BCUT2D eigenvalue weighted by atomic mass is 16.7. The number of carbonyl (C=O) groups is 1. The first-order valence-electron chi connectivity index (χ1n) is 5.81. The molecule has 1 aromatic carbocycles. The summed E-state index contributed by atoms with van der Waals surface area (Å²) in [6, 6.07) is 5.67. The normalized spacial score (nSPS) is 15.0. The van der Waals surface area contributed by atoms with Crippen LogP contribution in [0.25, 0.3) is 0 Å². The summed E-state index contributed by atoms with van der Waals surface area (Å²) in [7, 11) is 1.56. The second-order valence-electron chi connectivity index (χ2n) is 4.05. The molecule has 0 radical (unpaired) electrons. The van der Waals surface area contributed by atoms with E-state index in [-0.39, 0.29) is 6.79 Å². The molecule has 0 amide bonds. The lowest BCUT2D eigenvalue weighted by molar-refractivity contribution is 0.0506. The summed E-state index contributed by atoms with van der Waals surface area (Å²) < 4.78 is 10.3. The molecule has 1 saturated heterocycles. The number of anilines is 1. The molecule has 4 heteroatoms. The molecule has 0 aromatic heterocycles. The lowest BCUT2D eigenvalue weighted by Gasteiger charge is -2.21. The molecule has 0 atom stereocenters. The Morgan fingerprint density at radius 2 is 2.12 bits per heavy atom. The third-order valence-corrected chi connectivity index (χ3v) is 2.94. The summed E-state index contributed by atoms with van der Waals surface area (Å²) >= 11 is 0. The number of nitrogens with zero attached hydrogens (tertiary/aromatic N) is 1. The molecule has 92 valence electrons. The van der Waals surface area contributed by atoms with E-state index in [0.29, 0.717) is 11.3 Å². The van der Waals surface area contributed by atoms with Gasteiger partial charge >= 0.3 is 0 Å². The fourth-order valence-corrected chi connectivity index (χ4v) is 2.13. The van der Waals surface area contributed by atoms with Crippen LogP contribution in [-0.2, 0) is 4.74 Å². The predicted octanol–water partition coefficient (Wildman–Crippen LogP) is 2.08. The zero-order valence-electron chi connectivity index (χ0n) is 10.0. The van der Waals surface area contributed by atoms with Gasteiger partial charge in [0.1, 0.15) is 5.75 Å². The van der Waals surface area contributed by atoms with Crippen LogP contribution >= 0.6 is 0 Å². The first kappa shape index (κ1) is 11.9. The molecule has 1 aliphatic heterocycles. The highest BCUT2D eigenvalue weighted by Gasteiger charge is 2.18. The van der Waals surface area contributed by atoms with Crippen LogP contribution in [0.5, 0.6) is 5.75 Å². The van der Waals surface area contributed by atoms with Gasteiger partial charge in [0.25, 0.3) is 0 Å². The number of methoxy groups -OCH3 is 1. The lowest BCUT2D eigenvalue weighted by Crippen LogP contribution is -2.19. The minimum absolute atomic E-state index is 0.157. The average Bonchev–Trinajstić information content (AvgIpc) is 2.89. The van der Waals surface area contributed by atoms with Crippen molar-refractivity contribution in [3.05, 3.63) is 23.8 Å². The minimum Gasteiger partial charge on any atom is -0.467 e. The van der Waals surface area contributed by atoms with E-state index >= 15 is 0 Å². The molecule has 1 aliphatic rings. The maximum Gasteiger partial charge on any atom is 0.188 e. The third kappa shape index (κ3) is 2.58. The van der Waals surface area contributed by atoms with Crippen LogP contribution in [0, 0.1) is 0 Å². The van der Waals surface area contributed by atoms with Gasteiger partial charge in [0.15, 0.2) is 13.1 Å². The van der Waals surface area contributed by atoms with Gasteiger partial charge in [-0.2, -0.15) is 0 Å². The van der Waals surface area contributed by atoms with Crippen molar-refractivity contribution in [1.29, 1.82) is 0 Å². The predicted molar refractivity (Wildman–Crippen MR) is 65.8 cm³/mol. The summed E-state index contributed by atoms with van der Waals surface area (Å²) in [4.78, 5) is 13.4. The molecule has 0 saturated carbocycles. The van der Waals surface area contributed by atoms with Gasteiger partial charge < -0.3 is 14.4 Å². The molecule has 2 rings (SSSR count). The maximum absolute atomic E-state index is 11.2. The van der Waals surface area contributed by atoms with Gasteiger partial charge in [-0.15, -0.1) is 0 Å². The van der Waals surface area contributed by atoms with Crippen molar-refractivity contribution in [2.75, 3.05) is 31.9 Å². The van der Waals surface area contributed by atoms with Gasteiger partial charge in [-0.1, -0.05) is 6.07 Å². The van der Waals surface area contributed by atoms with Crippen LogP contribution in [0.1, 0.15) is 23.2 Å². The summed E-state index contributed by atoms with van der Waals surface area (Å²) in [5.41, 5.74) is 1.58. The highest BCUT2D eigenvalue weighted by Crippen LogP contribution is 2.30. The lowest BCUT2D eigenvalue weighted by atomic mass is 10.1. The molecule has 1 heterocycles. The number of ether oxygens (including phenoxy) is 2. The maximum atomic E-state index is 11.2. The van der Waals surface area contributed by atoms with Gasteiger partial charge in [-0.25, -0.2) is 0 Å². The van der Waals surface area contributed by atoms with Crippen molar-refractivity contribution in [2.24, 2.45) is 0 Å². The minimum atomic E-state index is 0.157. The Bertz CT molecular complexity index is 386. The fourth-order valence-electron chi connectivity index (χ4n) is 2.13. The summed E-state index contributed by atoms with van der Waals surface area (Å²) in [6.45, 7) is 2.17. The molecule has 0 N–H and O–H groups in total. The van der Waals surface area contributed by atoms with Crippen LogP contribution in [0.2, 0.25) is 0 Å². The van der Waals surface area contributed by atoms with Crippen molar-refractivity contribution in [2.45, 2.75) is 12.8 Å². The standard InChI is InChI=1S/C13H17NO3/c1-16-10-17-13-6-4-5-12(11(13)9-15)14-7-2-3-8-14/h4-6,9H,2-3,7-8,10H2,1H3. The van der Waals surface area contributed by atoms with Crippen LogP contribution in [-0.4, -0.2) is 33.3 Å². The largest absolute Gasteiger partial charge is 0.467 e. The Balaban J connectivity index is 2.27. The average molecular weight is 235 g/mol. The van der Waals surface area contributed by atoms with Crippen LogP contribution in [0.15, 0.2) is 18.2 Å². The van der Waals surface area contributed by atoms with Gasteiger partial charge in [-0.05, 0) is 25.0 Å². The fraction of sp³-hybridized carbons (Fsp3) is 0.462. The SMILES string of the molecule is COCOc1cccc(N2CCCC2)c1C=O. The Labute approximate surface area is 101 Å². The van der Waals surface area contributed by atoms with Crippen molar-refractivity contribution < 1.29 is 14.3 Å². The van der Waals surface area contributed by atoms with Crippen molar-refractivity contribution in [3.63, 3.8) is 0 Å². The van der Waals surface area contributed by atoms with Gasteiger partial charge in [0.2, 0.25) is 0 Å². The summed E-state index contributed by atoms with van der Waals surface area (Å²) in [5, 5.41) is 0. The van der Waals surface area contributed by atoms with E-state index in [2.05, 4.69) is 4.90 Å². The van der Waals surface area contributed by atoms with Crippen molar-refractivity contribution in [3.8, 4) is 5.75 Å². The number of carbonyl (C=O) groups excluding carboxylic acids is 1. The highest BCUT2D eigenvalue weighted by molar-refractivity contribution is 5.88. The number of benzene rings is 1. The molecule has 0 unspecified atom stereocenters. The van der Waals surface area contributed by atoms with Crippen LogP contribution in [0.3, 0.4) is 0 Å². The Kier molecular flexibility index (Phi) is 3.98. The molecule has 17 heavy (non-hydrogen) atoms. The number of rotatable bonds is 5. The van der Waals surface area contributed by atoms with E-state index in [1.165, 1.54) is 12.8 Å². The van der Waals surface area contributed by atoms with E-state index in [9.17, 15) is 4.79 Å². The topological polar surface area (TPSA) is 38.8 Å². The molecule has 4 nitrogen and oxygen atoms in total. The van der Waals surface area contributed by atoms with Gasteiger partial charge in [0, 0.05) is 20.2 Å². The first-order chi connectivity index (χ1) is 8.36. The smallest absolute Gasteiger partial charge is 0.188 e. The van der Waals surface area contributed by atoms with E-state index in [4.69, 9.17) is 9.47 Å². The molecule has 0 spiro atoms. The summed E-state index contributed by atoms with van der Waals surface area (Å²) in [6.07, 6.45) is 3.22. The van der Waals surface area contributed by atoms with Crippen molar-refractivity contribution in [1.82, 2.24) is 0 Å². The van der Waals surface area contributed by atoms with E-state index in [1.54, 1.807) is 13.2 Å². The third-order valence-electron chi connectivity index (χ3n) is 2.94. The first-order valence-corrected chi connectivity index (χ1v) is 5.81. The Morgan fingerprint density at radius 1 is 1.35 bits per heavy atom. The zero-order valence-corrected chi connectivity index (χ0v) is 10.0. The van der Waals surface area contributed by atoms with Crippen molar-refractivity contribution >= 4 is 12.0 Å². The molecule has 1 aromatic rings. The molecule has 1 fully saturated rings. The Hall–Kier alpha value is -1.55. The number of hydrogen-bond acceptors (Lipinski definition) is 4. The molecule has 0 bridgehead atoms. The molecular formula is C13H17NO3. The van der Waals surface area contributed by atoms with Crippen LogP contribution in [0.4, 0.5) is 5.69 Å². The molecule has 0 aliphatic carbocycles. The number of hydrogen-bond donors (Lipinski definition) is 0. The zero-order chi connectivity index (χ0) is 12.1. The quantitative estimate of drug-likeness (QED) is 0.578. The second-order valence-corrected chi connectivity index (χ2v) is 4.05. The van der Waals surface area contributed by atoms with Crippen LogP contribution < -0.4 is 9.64 Å². The number of aldehydes is 1. The second kappa shape index (κ2) is 5.68.